The van der Waals surface area contributed by atoms with Gasteiger partial charge in [0.25, 0.3) is 5.91 Å². The highest BCUT2D eigenvalue weighted by Crippen LogP contribution is 2.37. The van der Waals surface area contributed by atoms with E-state index in [1.165, 1.54) is 36.8 Å². The molecular formula is C18H25ClN2O. The Morgan fingerprint density at radius 3 is 2.64 bits per heavy atom. The van der Waals surface area contributed by atoms with Crippen LogP contribution in [0.4, 0.5) is 0 Å². The molecule has 22 heavy (non-hydrogen) atoms. The van der Waals surface area contributed by atoms with Gasteiger partial charge in [-0.2, -0.15) is 0 Å². The van der Waals surface area contributed by atoms with Crippen LogP contribution in [-0.2, 0) is 12.8 Å². The number of hydrogen-bond donors (Lipinski definition) is 1. The van der Waals surface area contributed by atoms with Crippen LogP contribution in [0.15, 0.2) is 18.2 Å². The average molecular weight is 321 g/mol. The summed E-state index contributed by atoms with van der Waals surface area (Å²) in [5.41, 5.74) is 9.89. The van der Waals surface area contributed by atoms with Crippen LogP contribution in [0.2, 0.25) is 0 Å². The highest BCUT2D eigenvalue weighted by Gasteiger charge is 2.42. The highest BCUT2D eigenvalue weighted by molar-refractivity contribution is 5.94. The number of nitrogens with zero attached hydrogens (tertiary/aromatic N) is 1. The minimum Gasteiger partial charge on any atom is -0.338 e. The topological polar surface area (TPSA) is 46.3 Å². The molecule has 3 aliphatic rings. The van der Waals surface area contributed by atoms with Crippen LogP contribution in [-0.4, -0.2) is 29.9 Å². The van der Waals surface area contributed by atoms with Crippen molar-refractivity contribution in [3.05, 3.63) is 34.9 Å². The van der Waals surface area contributed by atoms with Gasteiger partial charge >= 0.3 is 0 Å². The van der Waals surface area contributed by atoms with Crippen molar-refractivity contribution in [3.63, 3.8) is 0 Å². The maximum Gasteiger partial charge on any atom is 0.253 e. The zero-order valence-electron chi connectivity index (χ0n) is 13.0. The second kappa shape index (κ2) is 6.21. The molecule has 3 nitrogen and oxygen atoms in total. The van der Waals surface area contributed by atoms with E-state index in [0.29, 0.717) is 17.9 Å². The predicted octanol–water partition coefficient (Wildman–Crippen LogP) is 2.80. The molecule has 0 spiro atoms. The van der Waals surface area contributed by atoms with Gasteiger partial charge in [-0.25, -0.2) is 0 Å². The number of carbonyl (C=O) groups excluding carboxylic acids is 1. The molecule has 2 aliphatic carbocycles. The SMILES string of the molecule is Cl.NC1CCC2CN(C(=O)c3ccc4c(c3)CCCC4)CC12. The number of fused-ring (bicyclic) bond motifs is 2. The lowest BCUT2D eigenvalue weighted by atomic mass is 9.90. The van der Waals surface area contributed by atoms with Gasteiger partial charge in [-0.05, 0) is 73.6 Å². The van der Waals surface area contributed by atoms with E-state index in [1.54, 1.807) is 0 Å². The Hall–Kier alpha value is -1.06. The Morgan fingerprint density at radius 2 is 1.86 bits per heavy atom. The molecular weight excluding hydrogens is 296 g/mol. The number of rotatable bonds is 1. The number of likely N-dealkylation sites (tertiary alicyclic amines) is 1. The van der Waals surface area contributed by atoms with Gasteiger partial charge in [-0.3, -0.25) is 4.79 Å². The number of carbonyl (C=O) groups is 1. The Balaban J connectivity index is 0.00000144. The lowest BCUT2D eigenvalue weighted by molar-refractivity contribution is 0.0779. The van der Waals surface area contributed by atoms with Gasteiger partial charge in [0.05, 0.1) is 0 Å². The van der Waals surface area contributed by atoms with Gasteiger partial charge in [-0.15, -0.1) is 12.4 Å². The number of halogens is 1. The van der Waals surface area contributed by atoms with Crippen LogP contribution in [0.25, 0.3) is 0 Å². The summed E-state index contributed by atoms with van der Waals surface area (Å²) in [4.78, 5) is 14.8. The van der Waals surface area contributed by atoms with E-state index >= 15 is 0 Å². The van der Waals surface area contributed by atoms with E-state index in [-0.39, 0.29) is 18.3 Å². The summed E-state index contributed by atoms with van der Waals surface area (Å²) in [5, 5.41) is 0. The first-order chi connectivity index (χ1) is 10.2. The summed E-state index contributed by atoms with van der Waals surface area (Å²) in [5.74, 6) is 1.39. The van der Waals surface area contributed by atoms with Crippen molar-refractivity contribution in [2.24, 2.45) is 17.6 Å². The average Bonchev–Trinajstić information content (AvgIpc) is 3.08. The summed E-state index contributed by atoms with van der Waals surface area (Å²) >= 11 is 0. The molecule has 1 aromatic rings. The minimum absolute atomic E-state index is 0. The molecule has 2 fully saturated rings. The maximum atomic E-state index is 12.8. The molecule has 1 saturated carbocycles. The first kappa shape index (κ1) is 15.8. The van der Waals surface area contributed by atoms with Crippen molar-refractivity contribution in [1.82, 2.24) is 4.90 Å². The number of amides is 1. The summed E-state index contributed by atoms with van der Waals surface area (Å²) in [6.07, 6.45) is 7.18. The lowest BCUT2D eigenvalue weighted by Gasteiger charge is -2.21. The van der Waals surface area contributed by atoms with Crippen LogP contribution in [0, 0.1) is 11.8 Å². The van der Waals surface area contributed by atoms with Crippen molar-refractivity contribution in [2.45, 2.75) is 44.6 Å². The number of hydrogen-bond acceptors (Lipinski definition) is 2. The third-order valence-electron chi connectivity index (χ3n) is 5.79. The van der Waals surface area contributed by atoms with E-state index in [2.05, 4.69) is 12.1 Å². The standard InChI is InChI=1S/C18H24N2O.ClH/c19-17-8-7-15-10-20(11-16(15)17)18(21)14-6-5-12-3-1-2-4-13(12)9-14;/h5-6,9,15-17H,1-4,7-8,10-11,19H2;1H. The first-order valence-electron chi connectivity index (χ1n) is 8.39. The fraction of sp³-hybridized carbons (Fsp3) is 0.611. The molecule has 0 bridgehead atoms. The van der Waals surface area contributed by atoms with Gasteiger partial charge in [-0.1, -0.05) is 6.07 Å². The van der Waals surface area contributed by atoms with E-state index in [9.17, 15) is 4.79 Å². The number of nitrogens with two attached hydrogens (primary N) is 1. The molecule has 120 valence electrons. The van der Waals surface area contributed by atoms with E-state index in [0.717, 1.165) is 31.5 Å². The van der Waals surface area contributed by atoms with E-state index < -0.39 is 0 Å². The molecule has 1 amide bonds. The molecule has 0 radical (unpaired) electrons. The monoisotopic (exact) mass is 320 g/mol. The summed E-state index contributed by atoms with van der Waals surface area (Å²) in [6.45, 7) is 1.77. The van der Waals surface area contributed by atoms with Crippen molar-refractivity contribution >= 4 is 18.3 Å². The first-order valence-corrected chi connectivity index (χ1v) is 8.39. The quantitative estimate of drug-likeness (QED) is 0.865. The van der Waals surface area contributed by atoms with Crippen LogP contribution < -0.4 is 5.73 Å². The zero-order valence-corrected chi connectivity index (χ0v) is 13.8. The molecule has 3 atom stereocenters. The Kier molecular flexibility index (Phi) is 4.47. The summed E-state index contributed by atoms with van der Waals surface area (Å²) in [7, 11) is 0. The van der Waals surface area contributed by atoms with Gasteiger partial charge in [0.15, 0.2) is 0 Å². The molecule has 3 unspecified atom stereocenters. The number of aryl methyl sites for hydroxylation is 2. The molecule has 2 N–H and O–H groups in total. The third-order valence-corrected chi connectivity index (χ3v) is 5.79. The fourth-order valence-electron chi connectivity index (χ4n) is 4.52. The predicted molar refractivity (Wildman–Crippen MR) is 90.4 cm³/mol. The summed E-state index contributed by atoms with van der Waals surface area (Å²) in [6, 6.07) is 6.65. The van der Waals surface area contributed by atoms with Gasteiger partial charge in [0.1, 0.15) is 0 Å². The van der Waals surface area contributed by atoms with Crippen LogP contribution >= 0.6 is 12.4 Å². The Bertz CT molecular complexity index is 574. The van der Waals surface area contributed by atoms with Gasteiger partial charge < -0.3 is 10.6 Å². The molecule has 4 rings (SSSR count). The molecule has 1 aromatic carbocycles. The molecule has 0 aromatic heterocycles. The molecule has 1 saturated heterocycles. The second-order valence-corrected chi connectivity index (χ2v) is 7.07. The minimum atomic E-state index is 0. The van der Waals surface area contributed by atoms with Gasteiger partial charge in [0, 0.05) is 24.7 Å². The van der Waals surface area contributed by atoms with Gasteiger partial charge in [0.2, 0.25) is 0 Å². The molecule has 1 heterocycles. The maximum absolute atomic E-state index is 12.8. The van der Waals surface area contributed by atoms with Crippen LogP contribution in [0.1, 0.15) is 47.2 Å². The molecule has 1 aliphatic heterocycles. The Morgan fingerprint density at radius 1 is 1.09 bits per heavy atom. The molecule has 4 heteroatoms. The normalized spacial score (nSPS) is 29.7. The Labute approximate surface area is 138 Å². The van der Waals surface area contributed by atoms with E-state index in [4.69, 9.17) is 5.73 Å². The van der Waals surface area contributed by atoms with Crippen molar-refractivity contribution in [1.29, 1.82) is 0 Å². The fourth-order valence-corrected chi connectivity index (χ4v) is 4.52. The van der Waals surface area contributed by atoms with Crippen molar-refractivity contribution in [3.8, 4) is 0 Å². The smallest absolute Gasteiger partial charge is 0.253 e. The lowest BCUT2D eigenvalue weighted by Crippen LogP contribution is -2.33. The van der Waals surface area contributed by atoms with Crippen LogP contribution in [0.3, 0.4) is 0 Å². The van der Waals surface area contributed by atoms with Crippen molar-refractivity contribution in [2.75, 3.05) is 13.1 Å². The van der Waals surface area contributed by atoms with Crippen molar-refractivity contribution < 1.29 is 4.79 Å². The van der Waals surface area contributed by atoms with Crippen LogP contribution in [0.5, 0.6) is 0 Å². The second-order valence-electron chi connectivity index (χ2n) is 7.07. The number of benzene rings is 1. The third kappa shape index (κ3) is 2.65. The largest absolute Gasteiger partial charge is 0.338 e. The summed E-state index contributed by atoms with van der Waals surface area (Å²) < 4.78 is 0. The zero-order chi connectivity index (χ0) is 14.4. The van der Waals surface area contributed by atoms with E-state index in [1.807, 2.05) is 11.0 Å². The highest BCUT2D eigenvalue weighted by atomic mass is 35.5.